The zero-order valence-corrected chi connectivity index (χ0v) is 12.7. The van der Waals surface area contributed by atoms with Gasteiger partial charge in [-0.05, 0) is 36.4 Å². The van der Waals surface area contributed by atoms with Gasteiger partial charge in [0.15, 0.2) is 6.61 Å². The lowest BCUT2D eigenvalue weighted by Crippen LogP contribution is -2.25. The lowest BCUT2D eigenvalue weighted by molar-refractivity contribution is -0.118. The molecule has 0 saturated carbocycles. The van der Waals surface area contributed by atoms with E-state index in [0.717, 1.165) is 0 Å². The van der Waals surface area contributed by atoms with Crippen LogP contribution >= 0.6 is 23.2 Å². The van der Waals surface area contributed by atoms with Crippen molar-refractivity contribution in [2.75, 3.05) is 17.2 Å². The van der Waals surface area contributed by atoms with E-state index in [9.17, 15) is 9.59 Å². The molecule has 2 N–H and O–H groups in total. The Kier molecular flexibility index (Phi) is 3.92. The molecule has 2 aromatic rings. The van der Waals surface area contributed by atoms with Crippen molar-refractivity contribution in [3.8, 4) is 5.75 Å². The fourth-order valence-electron chi connectivity index (χ4n) is 2.03. The molecule has 0 unspecified atom stereocenters. The summed E-state index contributed by atoms with van der Waals surface area (Å²) in [6.45, 7) is -0.0148. The number of fused-ring (bicyclic) bond motifs is 1. The summed E-state index contributed by atoms with van der Waals surface area (Å²) in [5.74, 6) is -0.0523. The first-order valence-electron chi connectivity index (χ1n) is 6.36. The van der Waals surface area contributed by atoms with Crippen molar-refractivity contribution in [1.29, 1.82) is 0 Å². The summed E-state index contributed by atoms with van der Waals surface area (Å²) in [6.07, 6.45) is 0. The second kappa shape index (κ2) is 5.87. The first kappa shape index (κ1) is 14.7. The number of rotatable bonds is 2. The van der Waals surface area contributed by atoms with Gasteiger partial charge in [-0.3, -0.25) is 9.59 Å². The lowest BCUT2D eigenvalue weighted by Gasteiger charge is -2.18. The molecule has 5 nitrogen and oxygen atoms in total. The van der Waals surface area contributed by atoms with E-state index in [4.69, 9.17) is 27.9 Å². The van der Waals surface area contributed by atoms with Crippen LogP contribution in [0.15, 0.2) is 36.4 Å². The summed E-state index contributed by atoms with van der Waals surface area (Å²) in [4.78, 5) is 23.5. The van der Waals surface area contributed by atoms with Gasteiger partial charge in [0, 0.05) is 10.7 Å². The Bertz CT molecular complexity index is 777. The van der Waals surface area contributed by atoms with Crippen molar-refractivity contribution in [2.24, 2.45) is 0 Å². The lowest BCUT2D eigenvalue weighted by atomic mass is 10.2. The van der Waals surface area contributed by atoms with Crippen LogP contribution in [0.1, 0.15) is 10.4 Å². The largest absolute Gasteiger partial charge is 0.482 e. The molecule has 0 atom stereocenters. The fraction of sp³-hybridized carbons (Fsp3) is 0.0667. The van der Waals surface area contributed by atoms with Crippen LogP contribution in [0, 0.1) is 0 Å². The average molecular weight is 337 g/mol. The van der Waals surface area contributed by atoms with Gasteiger partial charge in [-0.25, -0.2) is 0 Å². The standard InChI is InChI=1S/C15H10Cl2N2O3/c16-8-1-3-10(11(17)5-8)15(21)18-9-2-4-13-12(6-9)19-14(20)7-22-13/h1-6H,7H2,(H,18,21)(H,19,20). The van der Waals surface area contributed by atoms with E-state index in [-0.39, 0.29) is 23.4 Å². The molecule has 1 aliphatic heterocycles. The van der Waals surface area contributed by atoms with E-state index in [2.05, 4.69) is 10.6 Å². The molecule has 2 aromatic carbocycles. The van der Waals surface area contributed by atoms with Crippen LogP contribution < -0.4 is 15.4 Å². The van der Waals surface area contributed by atoms with E-state index >= 15 is 0 Å². The molecule has 0 saturated heterocycles. The van der Waals surface area contributed by atoms with Gasteiger partial charge >= 0.3 is 0 Å². The highest BCUT2D eigenvalue weighted by molar-refractivity contribution is 6.37. The Morgan fingerprint density at radius 3 is 2.77 bits per heavy atom. The molecule has 112 valence electrons. The molecule has 3 rings (SSSR count). The average Bonchev–Trinajstić information content (AvgIpc) is 2.46. The second-order valence-corrected chi connectivity index (χ2v) is 5.47. The minimum absolute atomic E-state index is 0.0148. The molecule has 2 amide bonds. The van der Waals surface area contributed by atoms with Gasteiger partial charge < -0.3 is 15.4 Å². The van der Waals surface area contributed by atoms with Gasteiger partial charge in [-0.1, -0.05) is 23.2 Å². The van der Waals surface area contributed by atoms with Gasteiger partial charge in [-0.15, -0.1) is 0 Å². The quantitative estimate of drug-likeness (QED) is 0.880. The molecule has 7 heteroatoms. The van der Waals surface area contributed by atoms with Gasteiger partial charge in [0.25, 0.3) is 11.8 Å². The van der Waals surface area contributed by atoms with E-state index in [1.54, 1.807) is 30.3 Å². The minimum Gasteiger partial charge on any atom is -0.482 e. The number of carbonyl (C=O) groups is 2. The Balaban J connectivity index is 1.82. The number of hydrogen-bond donors (Lipinski definition) is 2. The van der Waals surface area contributed by atoms with E-state index in [0.29, 0.717) is 27.7 Å². The van der Waals surface area contributed by atoms with Gasteiger partial charge in [0.1, 0.15) is 5.75 Å². The van der Waals surface area contributed by atoms with Gasteiger partial charge in [0.05, 0.1) is 16.3 Å². The first-order chi connectivity index (χ1) is 10.5. The highest BCUT2D eigenvalue weighted by Gasteiger charge is 2.17. The van der Waals surface area contributed by atoms with E-state index < -0.39 is 0 Å². The maximum Gasteiger partial charge on any atom is 0.262 e. The summed E-state index contributed by atoms with van der Waals surface area (Å²) < 4.78 is 5.25. The topological polar surface area (TPSA) is 67.4 Å². The fourth-order valence-corrected chi connectivity index (χ4v) is 2.53. The third-order valence-corrected chi connectivity index (χ3v) is 3.59. The molecule has 0 spiro atoms. The predicted molar refractivity (Wildman–Crippen MR) is 85.0 cm³/mol. The van der Waals surface area contributed by atoms with Crippen LogP contribution in [0.3, 0.4) is 0 Å². The monoisotopic (exact) mass is 336 g/mol. The van der Waals surface area contributed by atoms with Crippen molar-refractivity contribution in [3.63, 3.8) is 0 Å². The third kappa shape index (κ3) is 3.00. The molecule has 0 radical (unpaired) electrons. The minimum atomic E-state index is -0.371. The SMILES string of the molecule is O=C1COc2ccc(NC(=O)c3ccc(Cl)cc3Cl)cc2N1. The highest BCUT2D eigenvalue weighted by atomic mass is 35.5. The summed E-state index contributed by atoms with van der Waals surface area (Å²) in [5, 5.41) is 6.10. The Hall–Kier alpha value is -2.24. The molecular weight excluding hydrogens is 327 g/mol. The molecule has 0 fully saturated rings. The van der Waals surface area contributed by atoms with Crippen LogP contribution in [-0.2, 0) is 4.79 Å². The highest BCUT2D eigenvalue weighted by Crippen LogP contribution is 2.31. The van der Waals surface area contributed by atoms with Crippen molar-refractivity contribution in [3.05, 3.63) is 52.0 Å². The number of amides is 2. The van der Waals surface area contributed by atoms with E-state index in [1.807, 2.05) is 0 Å². The number of hydrogen-bond acceptors (Lipinski definition) is 3. The predicted octanol–water partition coefficient (Wildman–Crippen LogP) is 3.58. The van der Waals surface area contributed by atoms with Crippen LogP contribution in [0.5, 0.6) is 5.75 Å². The smallest absolute Gasteiger partial charge is 0.262 e. The molecule has 1 heterocycles. The van der Waals surface area contributed by atoms with Crippen molar-refractivity contribution in [2.45, 2.75) is 0 Å². The number of ether oxygens (including phenoxy) is 1. The molecule has 22 heavy (non-hydrogen) atoms. The number of halogens is 2. The molecule has 0 aromatic heterocycles. The molecular formula is C15H10Cl2N2O3. The van der Waals surface area contributed by atoms with Crippen molar-refractivity contribution in [1.82, 2.24) is 0 Å². The van der Waals surface area contributed by atoms with Crippen LogP contribution in [0.4, 0.5) is 11.4 Å². The zero-order chi connectivity index (χ0) is 15.7. The van der Waals surface area contributed by atoms with Gasteiger partial charge in [0.2, 0.25) is 0 Å². The number of carbonyl (C=O) groups excluding carboxylic acids is 2. The van der Waals surface area contributed by atoms with Crippen LogP contribution in [0.25, 0.3) is 0 Å². The maximum atomic E-state index is 12.2. The van der Waals surface area contributed by atoms with Crippen LogP contribution in [0.2, 0.25) is 10.0 Å². The third-order valence-electron chi connectivity index (χ3n) is 3.05. The number of anilines is 2. The first-order valence-corrected chi connectivity index (χ1v) is 7.11. The number of nitrogens with one attached hydrogen (secondary N) is 2. The Morgan fingerprint density at radius 2 is 2.00 bits per heavy atom. The summed E-state index contributed by atoms with van der Waals surface area (Å²) in [5.41, 5.74) is 1.33. The molecule has 1 aliphatic rings. The molecule has 0 bridgehead atoms. The normalized spacial score (nSPS) is 12.9. The van der Waals surface area contributed by atoms with Gasteiger partial charge in [-0.2, -0.15) is 0 Å². The Morgan fingerprint density at radius 1 is 1.18 bits per heavy atom. The van der Waals surface area contributed by atoms with Crippen molar-refractivity contribution < 1.29 is 14.3 Å². The zero-order valence-electron chi connectivity index (χ0n) is 11.2. The molecule has 0 aliphatic carbocycles. The second-order valence-electron chi connectivity index (χ2n) is 4.63. The van der Waals surface area contributed by atoms with Crippen LogP contribution in [-0.4, -0.2) is 18.4 Å². The number of benzene rings is 2. The summed E-state index contributed by atoms with van der Waals surface area (Å²) >= 11 is 11.8. The van der Waals surface area contributed by atoms with Crippen molar-refractivity contribution >= 4 is 46.4 Å². The maximum absolute atomic E-state index is 12.2. The summed E-state index contributed by atoms with van der Waals surface area (Å²) in [6, 6.07) is 9.60. The Labute approximate surface area is 136 Å². The van der Waals surface area contributed by atoms with E-state index in [1.165, 1.54) is 6.07 Å². The summed E-state index contributed by atoms with van der Waals surface area (Å²) in [7, 11) is 0.